The van der Waals surface area contributed by atoms with Crippen molar-refractivity contribution in [1.29, 1.82) is 0 Å². The van der Waals surface area contributed by atoms with Crippen LogP contribution in [0, 0.1) is 0 Å². The Labute approximate surface area is 97.8 Å². The van der Waals surface area contributed by atoms with Crippen molar-refractivity contribution in [3.05, 3.63) is 24.3 Å². The standard InChI is InChI=1S/C13H21NO2/c1-3-16-13-8-6-12(7-9-13)14-10-4-5-11-15-2/h6-9,14H,3-5,10-11H2,1-2H3. The Morgan fingerprint density at radius 2 is 1.88 bits per heavy atom. The van der Waals surface area contributed by atoms with Crippen LogP contribution in [0.3, 0.4) is 0 Å². The van der Waals surface area contributed by atoms with Gasteiger partial charge in [0.05, 0.1) is 6.61 Å². The maximum absolute atomic E-state index is 5.37. The molecule has 0 aliphatic carbocycles. The van der Waals surface area contributed by atoms with E-state index in [1.807, 2.05) is 31.2 Å². The molecule has 0 bridgehead atoms. The number of hydrogen-bond donors (Lipinski definition) is 1. The third-order valence-corrected chi connectivity index (χ3v) is 2.27. The Balaban J connectivity index is 2.21. The Kier molecular flexibility index (Phi) is 6.42. The maximum Gasteiger partial charge on any atom is 0.119 e. The van der Waals surface area contributed by atoms with Gasteiger partial charge in [-0.1, -0.05) is 0 Å². The summed E-state index contributed by atoms with van der Waals surface area (Å²) in [6.45, 7) is 4.52. The molecule has 0 aliphatic heterocycles. The van der Waals surface area contributed by atoms with Crippen LogP contribution in [0.5, 0.6) is 5.75 Å². The van der Waals surface area contributed by atoms with E-state index in [0.717, 1.165) is 37.4 Å². The molecule has 0 fully saturated rings. The van der Waals surface area contributed by atoms with Crippen molar-refractivity contribution in [2.24, 2.45) is 0 Å². The van der Waals surface area contributed by atoms with Crippen LogP contribution in [-0.2, 0) is 4.74 Å². The molecule has 0 unspecified atom stereocenters. The first kappa shape index (κ1) is 12.8. The Morgan fingerprint density at radius 1 is 1.12 bits per heavy atom. The van der Waals surface area contributed by atoms with Gasteiger partial charge >= 0.3 is 0 Å². The fourth-order valence-corrected chi connectivity index (χ4v) is 1.44. The van der Waals surface area contributed by atoms with Gasteiger partial charge in [-0.2, -0.15) is 0 Å². The molecule has 0 aromatic heterocycles. The number of anilines is 1. The summed E-state index contributed by atoms with van der Waals surface area (Å²) >= 11 is 0. The fourth-order valence-electron chi connectivity index (χ4n) is 1.44. The molecule has 0 amide bonds. The second-order valence-electron chi connectivity index (χ2n) is 3.58. The Bertz CT molecular complexity index is 272. The van der Waals surface area contributed by atoms with Gasteiger partial charge in [-0.15, -0.1) is 0 Å². The molecule has 3 heteroatoms. The summed E-state index contributed by atoms with van der Waals surface area (Å²) in [6.07, 6.45) is 2.22. The quantitative estimate of drug-likeness (QED) is 0.687. The molecule has 0 radical (unpaired) electrons. The van der Waals surface area contributed by atoms with Crippen LogP contribution in [0.25, 0.3) is 0 Å². The minimum absolute atomic E-state index is 0.712. The molecule has 0 atom stereocenters. The van der Waals surface area contributed by atoms with Crippen molar-refractivity contribution in [3.8, 4) is 5.75 Å². The van der Waals surface area contributed by atoms with Crippen molar-refractivity contribution in [2.75, 3.05) is 32.2 Å². The summed E-state index contributed by atoms with van der Waals surface area (Å²) in [7, 11) is 1.74. The zero-order valence-corrected chi connectivity index (χ0v) is 10.2. The molecule has 1 N–H and O–H groups in total. The number of methoxy groups -OCH3 is 1. The summed E-state index contributed by atoms with van der Waals surface area (Å²) < 4.78 is 10.4. The summed E-state index contributed by atoms with van der Waals surface area (Å²) in [6, 6.07) is 8.06. The monoisotopic (exact) mass is 223 g/mol. The molecule has 0 spiro atoms. The molecule has 16 heavy (non-hydrogen) atoms. The molecule has 90 valence electrons. The number of hydrogen-bond acceptors (Lipinski definition) is 3. The van der Waals surface area contributed by atoms with Crippen molar-refractivity contribution >= 4 is 5.69 Å². The average molecular weight is 223 g/mol. The third kappa shape index (κ3) is 5.03. The lowest BCUT2D eigenvalue weighted by atomic mass is 10.2. The van der Waals surface area contributed by atoms with Gasteiger partial charge in [0.25, 0.3) is 0 Å². The summed E-state index contributed by atoms with van der Waals surface area (Å²) in [4.78, 5) is 0. The molecule has 0 heterocycles. The van der Waals surface area contributed by atoms with E-state index in [2.05, 4.69) is 5.32 Å². The molecule has 1 rings (SSSR count). The molecular formula is C13H21NO2. The van der Waals surface area contributed by atoms with E-state index < -0.39 is 0 Å². The van der Waals surface area contributed by atoms with Crippen LogP contribution in [0.4, 0.5) is 5.69 Å². The molecule has 3 nitrogen and oxygen atoms in total. The highest BCUT2D eigenvalue weighted by molar-refractivity contribution is 5.46. The maximum atomic E-state index is 5.37. The van der Waals surface area contributed by atoms with Gasteiger partial charge in [0.1, 0.15) is 5.75 Å². The second-order valence-corrected chi connectivity index (χ2v) is 3.58. The number of benzene rings is 1. The van der Waals surface area contributed by atoms with E-state index >= 15 is 0 Å². The normalized spacial score (nSPS) is 10.1. The third-order valence-electron chi connectivity index (χ3n) is 2.27. The van der Waals surface area contributed by atoms with Crippen LogP contribution >= 0.6 is 0 Å². The molecule has 1 aromatic carbocycles. The average Bonchev–Trinajstić information content (AvgIpc) is 2.31. The minimum atomic E-state index is 0.712. The highest BCUT2D eigenvalue weighted by atomic mass is 16.5. The van der Waals surface area contributed by atoms with Crippen LogP contribution in [0.2, 0.25) is 0 Å². The van der Waals surface area contributed by atoms with Gasteiger partial charge in [-0.25, -0.2) is 0 Å². The number of unbranched alkanes of at least 4 members (excludes halogenated alkanes) is 1. The lowest BCUT2D eigenvalue weighted by Gasteiger charge is -2.07. The van der Waals surface area contributed by atoms with Gasteiger partial charge in [0.15, 0.2) is 0 Å². The first-order chi connectivity index (χ1) is 7.86. The van der Waals surface area contributed by atoms with Crippen LogP contribution in [0.1, 0.15) is 19.8 Å². The van der Waals surface area contributed by atoms with E-state index in [0.29, 0.717) is 6.61 Å². The number of nitrogens with one attached hydrogen (secondary N) is 1. The van der Waals surface area contributed by atoms with Crippen LogP contribution < -0.4 is 10.1 Å². The summed E-state index contributed by atoms with van der Waals surface area (Å²) in [5, 5.41) is 3.36. The van der Waals surface area contributed by atoms with Crippen molar-refractivity contribution in [3.63, 3.8) is 0 Å². The van der Waals surface area contributed by atoms with Gasteiger partial charge in [0.2, 0.25) is 0 Å². The SMILES string of the molecule is CCOc1ccc(NCCCCOC)cc1. The van der Waals surface area contributed by atoms with Crippen molar-refractivity contribution < 1.29 is 9.47 Å². The van der Waals surface area contributed by atoms with E-state index in [9.17, 15) is 0 Å². The zero-order chi connectivity index (χ0) is 11.6. The lowest BCUT2D eigenvalue weighted by Crippen LogP contribution is -2.02. The Morgan fingerprint density at radius 3 is 2.50 bits per heavy atom. The smallest absolute Gasteiger partial charge is 0.119 e. The van der Waals surface area contributed by atoms with Crippen LogP contribution in [-0.4, -0.2) is 26.9 Å². The number of ether oxygens (including phenoxy) is 2. The fraction of sp³-hybridized carbons (Fsp3) is 0.538. The molecule has 0 saturated carbocycles. The largest absolute Gasteiger partial charge is 0.494 e. The minimum Gasteiger partial charge on any atom is -0.494 e. The van der Waals surface area contributed by atoms with E-state index in [4.69, 9.17) is 9.47 Å². The molecule has 0 aliphatic rings. The molecule has 0 saturated heterocycles. The zero-order valence-electron chi connectivity index (χ0n) is 10.2. The van der Waals surface area contributed by atoms with Gasteiger partial charge < -0.3 is 14.8 Å². The Hall–Kier alpha value is -1.22. The van der Waals surface area contributed by atoms with Crippen molar-refractivity contribution in [1.82, 2.24) is 0 Å². The van der Waals surface area contributed by atoms with Gasteiger partial charge in [-0.05, 0) is 44.0 Å². The highest BCUT2D eigenvalue weighted by Gasteiger charge is 1.94. The predicted molar refractivity (Wildman–Crippen MR) is 67.2 cm³/mol. The second kappa shape index (κ2) is 7.99. The predicted octanol–water partition coefficient (Wildman–Crippen LogP) is 2.92. The van der Waals surface area contributed by atoms with Crippen molar-refractivity contribution in [2.45, 2.75) is 19.8 Å². The summed E-state index contributed by atoms with van der Waals surface area (Å²) in [5.41, 5.74) is 1.14. The van der Waals surface area contributed by atoms with E-state index in [-0.39, 0.29) is 0 Å². The van der Waals surface area contributed by atoms with Gasteiger partial charge in [0, 0.05) is 25.9 Å². The first-order valence-corrected chi connectivity index (χ1v) is 5.82. The first-order valence-electron chi connectivity index (χ1n) is 5.82. The van der Waals surface area contributed by atoms with Crippen LogP contribution in [0.15, 0.2) is 24.3 Å². The topological polar surface area (TPSA) is 30.5 Å². The summed E-state index contributed by atoms with van der Waals surface area (Å²) in [5.74, 6) is 0.924. The lowest BCUT2D eigenvalue weighted by molar-refractivity contribution is 0.194. The highest BCUT2D eigenvalue weighted by Crippen LogP contribution is 2.15. The molecule has 1 aromatic rings. The van der Waals surface area contributed by atoms with E-state index in [1.54, 1.807) is 7.11 Å². The van der Waals surface area contributed by atoms with Gasteiger partial charge in [-0.3, -0.25) is 0 Å². The molecular weight excluding hydrogens is 202 g/mol. The van der Waals surface area contributed by atoms with E-state index in [1.165, 1.54) is 0 Å². The number of rotatable bonds is 8.